The first kappa shape index (κ1) is 20.6. The molecule has 8 heteroatoms. The van der Waals surface area contributed by atoms with Gasteiger partial charge in [0.05, 0.1) is 24.2 Å². The number of benzene rings is 1. The Kier molecular flexibility index (Phi) is 5.87. The van der Waals surface area contributed by atoms with Crippen molar-refractivity contribution in [3.05, 3.63) is 59.4 Å². The fourth-order valence-corrected chi connectivity index (χ4v) is 5.06. The van der Waals surface area contributed by atoms with Gasteiger partial charge in [0.1, 0.15) is 11.4 Å². The summed E-state index contributed by atoms with van der Waals surface area (Å²) >= 11 is 0. The molecule has 1 aromatic carbocycles. The molecule has 0 saturated carbocycles. The van der Waals surface area contributed by atoms with E-state index in [2.05, 4.69) is 9.71 Å². The van der Waals surface area contributed by atoms with E-state index in [9.17, 15) is 8.42 Å². The van der Waals surface area contributed by atoms with Crippen LogP contribution < -0.4 is 9.46 Å². The number of methoxy groups -OCH3 is 1. The summed E-state index contributed by atoms with van der Waals surface area (Å²) in [4.78, 5) is 4.69. The summed E-state index contributed by atoms with van der Waals surface area (Å²) in [5.74, 6) is 0.666. The lowest BCUT2D eigenvalue weighted by atomic mass is 9.95. The summed E-state index contributed by atoms with van der Waals surface area (Å²) < 4.78 is 35.3. The maximum absolute atomic E-state index is 12.7. The van der Waals surface area contributed by atoms with Crippen molar-refractivity contribution in [2.24, 2.45) is 0 Å². The van der Waals surface area contributed by atoms with Crippen LogP contribution in [0.2, 0.25) is 0 Å². The molecule has 1 aliphatic rings. The highest BCUT2D eigenvalue weighted by Gasteiger charge is 2.22. The molecule has 0 bridgehead atoms. The molecule has 7 nitrogen and oxygen atoms in total. The van der Waals surface area contributed by atoms with Gasteiger partial charge in [-0.15, -0.1) is 0 Å². The SMILES string of the molecule is COc1ccc(S(=O)(=O)NCCn2nc(-c3ccccn3)c3c2CCCC3)cc1C. The Morgan fingerprint density at radius 1 is 1.17 bits per heavy atom. The lowest BCUT2D eigenvalue weighted by Crippen LogP contribution is -2.28. The number of ether oxygens (including phenoxy) is 1. The number of hydrogen-bond acceptors (Lipinski definition) is 5. The zero-order valence-corrected chi connectivity index (χ0v) is 18.1. The second-order valence-electron chi connectivity index (χ2n) is 7.45. The van der Waals surface area contributed by atoms with Gasteiger partial charge in [-0.2, -0.15) is 5.10 Å². The van der Waals surface area contributed by atoms with Crippen LogP contribution >= 0.6 is 0 Å². The van der Waals surface area contributed by atoms with Crippen LogP contribution in [0.3, 0.4) is 0 Å². The molecule has 2 heterocycles. The zero-order chi connectivity index (χ0) is 21.1. The third-order valence-electron chi connectivity index (χ3n) is 5.46. The largest absolute Gasteiger partial charge is 0.496 e. The molecular formula is C22H26N4O3S. The van der Waals surface area contributed by atoms with Gasteiger partial charge in [0.25, 0.3) is 0 Å². The summed E-state index contributed by atoms with van der Waals surface area (Å²) in [6.45, 7) is 2.57. The number of aryl methyl sites for hydroxylation is 1. The Balaban J connectivity index is 1.51. The first-order chi connectivity index (χ1) is 14.5. The van der Waals surface area contributed by atoms with E-state index in [-0.39, 0.29) is 11.4 Å². The summed E-state index contributed by atoms with van der Waals surface area (Å²) in [6, 6.07) is 10.7. The van der Waals surface area contributed by atoms with Crippen molar-refractivity contribution < 1.29 is 13.2 Å². The van der Waals surface area contributed by atoms with Crippen molar-refractivity contribution in [1.29, 1.82) is 0 Å². The third kappa shape index (κ3) is 4.11. The number of sulfonamides is 1. The van der Waals surface area contributed by atoms with Gasteiger partial charge in [-0.1, -0.05) is 6.07 Å². The lowest BCUT2D eigenvalue weighted by Gasteiger charge is -2.15. The van der Waals surface area contributed by atoms with Crippen molar-refractivity contribution in [3.63, 3.8) is 0 Å². The van der Waals surface area contributed by atoms with Crippen LogP contribution in [0.1, 0.15) is 29.7 Å². The minimum atomic E-state index is -3.60. The molecule has 158 valence electrons. The van der Waals surface area contributed by atoms with Crippen LogP contribution in [0, 0.1) is 6.92 Å². The molecule has 0 amide bonds. The molecule has 4 rings (SSSR count). The number of rotatable bonds is 7. The highest BCUT2D eigenvalue weighted by Crippen LogP contribution is 2.30. The van der Waals surface area contributed by atoms with E-state index in [1.807, 2.05) is 29.8 Å². The smallest absolute Gasteiger partial charge is 0.240 e. The first-order valence-corrected chi connectivity index (χ1v) is 11.6. The topological polar surface area (TPSA) is 86.1 Å². The summed E-state index contributed by atoms with van der Waals surface area (Å²) in [7, 11) is -2.04. The van der Waals surface area contributed by atoms with Crippen LogP contribution in [0.5, 0.6) is 5.75 Å². The standard InChI is InChI=1S/C22H26N4O3S/c1-16-15-17(10-11-21(16)29-2)30(27,28)24-13-14-26-20-9-4-3-7-18(20)22(25-26)19-8-5-6-12-23-19/h5-6,8,10-12,15,24H,3-4,7,9,13-14H2,1-2H3. The van der Waals surface area contributed by atoms with Gasteiger partial charge in [-0.25, -0.2) is 13.1 Å². The highest BCUT2D eigenvalue weighted by atomic mass is 32.2. The van der Waals surface area contributed by atoms with Crippen molar-refractivity contribution in [1.82, 2.24) is 19.5 Å². The molecule has 2 aromatic heterocycles. The van der Waals surface area contributed by atoms with Crippen LogP contribution in [0.15, 0.2) is 47.5 Å². The van der Waals surface area contributed by atoms with Crippen molar-refractivity contribution >= 4 is 10.0 Å². The maximum Gasteiger partial charge on any atom is 0.240 e. The van der Waals surface area contributed by atoms with Gasteiger partial charge in [-0.3, -0.25) is 9.67 Å². The Labute approximate surface area is 177 Å². The minimum Gasteiger partial charge on any atom is -0.496 e. The van der Waals surface area contributed by atoms with Crippen LogP contribution in [0.25, 0.3) is 11.4 Å². The van der Waals surface area contributed by atoms with E-state index in [0.29, 0.717) is 12.3 Å². The molecule has 0 aliphatic heterocycles. The van der Waals surface area contributed by atoms with Crippen molar-refractivity contribution in [2.75, 3.05) is 13.7 Å². The quantitative estimate of drug-likeness (QED) is 0.627. The van der Waals surface area contributed by atoms with E-state index in [0.717, 1.165) is 42.6 Å². The van der Waals surface area contributed by atoms with E-state index >= 15 is 0 Å². The fraction of sp³-hybridized carbons (Fsp3) is 0.364. The summed E-state index contributed by atoms with van der Waals surface area (Å²) in [6.07, 6.45) is 5.98. The first-order valence-electron chi connectivity index (χ1n) is 10.1. The van der Waals surface area contributed by atoms with Crippen LogP contribution in [0.4, 0.5) is 0 Å². The second-order valence-corrected chi connectivity index (χ2v) is 9.22. The van der Waals surface area contributed by atoms with Gasteiger partial charge < -0.3 is 4.74 Å². The maximum atomic E-state index is 12.7. The number of aromatic nitrogens is 3. The van der Waals surface area contributed by atoms with E-state index in [1.54, 1.807) is 31.5 Å². The second kappa shape index (κ2) is 8.57. The van der Waals surface area contributed by atoms with E-state index in [4.69, 9.17) is 9.84 Å². The van der Waals surface area contributed by atoms with Gasteiger partial charge in [0.2, 0.25) is 10.0 Å². The number of nitrogens with one attached hydrogen (secondary N) is 1. The van der Waals surface area contributed by atoms with Crippen LogP contribution in [-0.2, 0) is 29.4 Å². The molecule has 0 saturated heterocycles. The third-order valence-corrected chi connectivity index (χ3v) is 6.92. The molecule has 1 aliphatic carbocycles. The molecule has 0 unspecified atom stereocenters. The van der Waals surface area contributed by atoms with E-state index in [1.165, 1.54) is 11.3 Å². The number of fused-ring (bicyclic) bond motifs is 1. The highest BCUT2D eigenvalue weighted by molar-refractivity contribution is 7.89. The monoisotopic (exact) mass is 426 g/mol. The van der Waals surface area contributed by atoms with Gasteiger partial charge in [0, 0.05) is 24.0 Å². The molecule has 0 radical (unpaired) electrons. The molecule has 3 aromatic rings. The van der Waals surface area contributed by atoms with Gasteiger partial charge in [0.15, 0.2) is 0 Å². The Bertz CT molecular complexity index is 1140. The van der Waals surface area contributed by atoms with Crippen molar-refractivity contribution in [3.8, 4) is 17.1 Å². The van der Waals surface area contributed by atoms with Crippen LogP contribution in [-0.4, -0.2) is 36.8 Å². The predicted molar refractivity (Wildman–Crippen MR) is 115 cm³/mol. The van der Waals surface area contributed by atoms with E-state index < -0.39 is 10.0 Å². The number of hydrogen-bond donors (Lipinski definition) is 1. The zero-order valence-electron chi connectivity index (χ0n) is 17.3. The Morgan fingerprint density at radius 2 is 2.00 bits per heavy atom. The number of pyridine rings is 1. The number of nitrogens with zero attached hydrogens (tertiary/aromatic N) is 3. The predicted octanol–water partition coefficient (Wildman–Crippen LogP) is 3.12. The molecule has 1 N–H and O–H groups in total. The molecule has 0 spiro atoms. The minimum absolute atomic E-state index is 0.234. The molecule has 0 atom stereocenters. The fourth-order valence-electron chi connectivity index (χ4n) is 3.95. The normalized spacial score (nSPS) is 13.8. The average molecular weight is 427 g/mol. The van der Waals surface area contributed by atoms with Gasteiger partial charge in [-0.05, 0) is 68.5 Å². The average Bonchev–Trinajstić information content (AvgIpc) is 3.13. The molecule has 30 heavy (non-hydrogen) atoms. The van der Waals surface area contributed by atoms with Gasteiger partial charge >= 0.3 is 0 Å². The Morgan fingerprint density at radius 3 is 2.73 bits per heavy atom. The molecular weight excluding hydrogens is 400 g/mol. The van der Waals surface area contributed by atoms with Crippen molar-refractivity contribution in [2.45, 2.75) is 44.0 Å². The summed E-state index contributed by atoms with van der Waals surface area (Å²) in [5, 5.41) is 4.79. The molecule has 0 fully saturated rings. The summed E-state index contributed by atoms with van der Waals surface area (Å²) in [5.41, 5.74) is 5.00. The lowest BCUT2D eigenvalue weighted by molar-refractivity contribution is 0.411. The Hall–Kier alpha value is -2.71.